The Morgan fingerprint density at radius 1 is 1.50 bits per heavy atom. The normalized spacial score (nSPS) is 14.2. The van der Waals surface area contributed by atoms with E-state index >= 15 is 0 Å². The first-order valence-electron chi connectivity index (χ1n) is 3.96. The Kier molecular flexibility index (Phi) is 4.86. The molecule has 0 bridgehead atoms. The maximum Gasteiger partial charge on any atom is 0.411 e. The highest BCUT2D eigenvalue weighted by atomic mass is 19.4. The standard InChI is InChI=1S/C7H13F3N2O2/c1-4(2)5(6(13)12-11)14-3-7(8,9)10/h4-5H,3,11H2,1-2H3,(H,12,13). The summed E-state index contributed by atoms with van der Waals surface area (Å²) in [4.78, 5) is 10.9. The number of hydrogen-bond acceptors (Lipinski definition) is 3. The molecule has 0 aliphatic rings. The second-order valence-electron chi connectivity index (χ2n) is 3.10. The van der Waals surface area contributed by atoms with Crippen molar-refractivity contribution in [2.75, 3.05) is 6.61 Å². The van der Waals surface area contributed by atoms with Crippen molar-refractivity contribution in [3.8, 4) is 0 Å². The molecule has 0 spiro atoms. The summed E-state index contributed by atoms with van der Waals surface area (Å²) in [5.74, 6) is 3.66. The molecule has 0 aliphatic heterocycles. The molecule has 1 unspecified atom stereocenters. The molecule has 0 radical (unpaired) electrons. The molecule has 14 heavy (non-hydrogen) atoms. The third kappa shape index (κ3) is 5.03. The van der Waals surface area contributed by atoms with Crippen LogP contribution in [0.25, 0.3) is 0 Å². The minimum Gasteiger partial charge on any atom is -0.359 e. The Balaban J connectivity index is 4.18. The van der Waals surface area contributed by atoms with E-state index in [9.17, 15) is 18.0 Å². The van der Waals surface area contributed by atoms with E-state index in [0.29, 0.717) is 0 Å². The van der Waals surface area contributed by atoms with Crippen LogP contribution in [0.15, 0.2) is 0 Å². The van der Waals surface area contributed by atoms with Gasteiger partial charge in [-0.1, -0.05) is 13.8 Å². The van der Waals surface area contributed by atoms with Gasteiger partial charge < -0.3 is 4.74 Å². The number of carbonyl (C=O) groups is 1. The van der Waals surface area contributed by atoms with Crippen LogP contribution in [-0.4, -0.2) is 24.8 Å². The van der Waals surface area contributed by atoms with Gasteiger partial charge in [0.05, 0.1) is 0 Å². The molecule has 0 aromatic rings. The lowest BCUT2D eigenvalue weighted by Crippen LogP contribution is -2.44. The van der Waals surface area contributed by atoms with Crippen LogP contribution in [-0.2, 0) is 9.53 Å². The second kappa shape index (κ2) is 5.16. The molecule has 1 atom stereocenters. The summed E-state index contributed by atoms with van der Waals surface area (Å²) in [6.45, 7) is 1.68. The average Bonchev–Trinajstić information content (AvgIpc) is 2.01. The number of halogens is 3. The molecule has 4 nitrogen and oxygen atoms in total. The summed E-state index contributed by atoms with van der Waals surface area (Å²) >= 11 is 0. The molecular formula is C7H13F3N2O2. The van der Waals surface area contributed by atoms with Crippen LogP contribution in [0, 0.1) is 5.92 Å². The number of rotatable bonds is 4. The number of carbonyl (C=O) groups excluding carboxylic acids is 1. The van der Waals surface area contributed by atoms with Crippen molar-refractivity contribution >= 4 is 5.91 Å². The number of amides is 1. The molecule has 1 amide bonds. The lowest BCUT2D eigenvalue weighted by atomic mass is 10.1. The van der Waals surface area contributed by atoms with E-state index in [2.05, 4.69) is 4.74 Å². The van der Waals surface area contributed by atoms with Crippen LogP contribution in [0.1, 0.15) is 13.8 Å². The Morgan fingerprint density at radius 2 is 2.00 bits per heavy atom. The number of nitrogens with two attached hydrogens (primary N) is 1. The molecule has 0 rings (SSSR count). The molecule has 7 heteroatoms. The van der Waals surface area contributed by atoms with E-state index in [4.69, 9.17) is 5.84 Å². The predicted octanol–water partition coefficient (Wildman–Crippen LogP) is 0.580. The van der Waals surface area contributed by atoms with Crippen LogP contribution in [0.4, 0.5) is 13.2 Å². The molecule has 0 saturated carbocycles. The molecule has 0 heterocycles. The zero-order chi connectivity index (χ0) is 11.4. The Hall–Kier alpha value is -0.820. The van der Waals surface area contributed by atoms with Gasteiger partial charge in [0, 0.05) is 0 Å². The van der Waals surface area contributed by atoms with Crippen molar-refractivity contribution in [3.63, 3.8) is 0 Å². The van der Waals surface area contributed by atoms with Crippen molar-refractivity contribution < 1.29 is 22.7 Å². The first kappa shape index (κ1) is 13.2. The molecular weight excluding hydrogens is 201 g/mol. The van der Waals surface area contributed by atoms with Crippen LogP contribution in [0.5, 0.6) is 0 Å². The zero-order valence-electron chi connectivity index (χ0n) is 7.89. The minimum absolute atomic E-state index is 0.374. The smallest absolute Gasteiger partial charge is 0.359 e. The van der Waals surface area contributed by atoms with Gasteiger partial charge in [-0.15, -0.1) is 0 Å². The third-order valence-corrected chi connectivity index (χ3v) is 1.43. The summed E-state index contributed by atoms with van der Waals surface area (Å²) in [6.07, 6.45) is -5.62. The van der Waals surface area contributed by atoms with Gasteiger partial charge in [-0.05, 0) is 5.92 Å². The quantitative estimate of drug-likeness (QED) is 0.408. The van der Waals surface area contributed by atoms with E-state index < -0.39 is 24.8 Å². The van der Waals surface area contributed by atoms with Gasteiger partial charge in [0.2, 0.25) is 0 Å². The van der Waals surface area contributed by atoms with E-state index in [1.807, 2.05) is 0 Å². The summed E-state index contributed by atoms with van der Waals surface area (Å²) in [5, 5.41) is 0. The van der Waals surface area contributed by atoms with Gasteiger partial charge in [0.25, 0.3) is 5.91 Å². The molecule has 0 fully saturated rings. The number of hydrazine groups is 1. The Bertz CT molecular complexity index is 194. The van der Waals surface area contributed by atoms with Crippen molar-refractivity contribution in [1.82, 2.24) is 5.43 Å². The first-order chi connectivity index (χ1) is 6.28. The summed E-state index contributed by atoms with van der Waals surface area (Å²) in [6, 6.07) is 0. The molecule has 0 aliphatic carbocycles. The number of nitrogens with one attached hydrogen (secondary N) is 1. The summed E-state index contributed by atoms with van der Waals surface area (Å²) in [7, 11) is 0. The lowest BCUT2D eigenvalue weighted by molar-refractivity contribution is -0.191. The van der Waals surface area contributed by atoms with Crippen LogP contribution in [0.3, 0.4) is 0 Å². The van der Waals surface area contributed by atoms with Crippen molar-refractivity contribution in [3.05, 3.63) is 0 Å². The SMILES string of the molecule is CC(C)C(OCC(F)(F)F)C(=O)NN. The molecule has 0 aromatic carbocycles. The topological polar surface area (TPSA) is 64.3 Å². The minimum atomic E-state index is -4.44. The predicted molar refractivity (Wildman–Crippen MR) is 43.0 cm³/mol. The highest BCUT2D eigenvalue weighted by Crippen LogP contribution is 2.17. The van der Waals surface area contributed by atoms with Crippen LogP contribution in [0.2, 0.25) is 0 Å². The molecule has 3 N–H and O–H groups in total. The Labute approximate surface area is 79.6 Å². The maximum atomic E-state index is 11.8. The van der Waals surface area contributed by atoms with Gasteiger partial charge in [-0.3, -0.25) is 10.2 Å². The number of alkyl halides is 3. The van der Waals surface area contributed by atoms with E-state index in [1.54, 1.807) is 19.3 Å². The van der Waals surface area contributed by atoms with E-state index in [-0.39, 0.29) is 5.92 Å². The van der Waals surface area contributed by atoms with Gasteiger partial charge in [0.1, 0.15) is 12.7 Å². The largest absolute Gasteiger partial charge is 0.411 e. The molecule has 84 valence electrons. The number of hydrogen-bond donors (Lipinski definition) is 2. The number of ether oxygens (including phenoxy) is 1. The maximum absolute atomic E-state index is 11.8. The van der Waals surface area contributed by atoms with Gasteiger partial charge in [-0.25, -0.2) is 5.84 Å². The van der Waals surface area contributed by atoms with Crippen molar-refractivity contribution in [2.45, 2.75) is 26.1 Å². The van der Waals surface area contributed by atoms with Crippen LogP contribution >= 0.6 is 0 Å². The lowest BCUT2D eigenvalue weighted by Gasteiger charge is -2.20. The monoisotopic (exact) mass is 214 g/mol. The van der Waals surface area contributed by atoms with Gasteiger partial charge in [-0.2, -0.15) is 13.2 Å². The van der Waals surface area contributed by atoms with Gasteiger partial charge >= 0.3 is 6.18 Å². The fraction of sp³-hybridized carbons (Fsp3) is 0.857. The second-order valence-corrected chi connectivity index (χ2v) is 3.10. The summed E-state index contributed by atoms with van der Waals surface area (Å²) in [5.41, 5.74) is 1.75. The van der Waals surface area contributed by atoms with E-state index in [0.717, 1.165) is 0 Å². The first-order valence-corrected chi connectivity index (χ1v) is 3.96. The average molecular weight is 214 g/mol. The van der Waals surface area contributed by atoms with Crippen molar-refractivity contribution in [2.24, 2.45) is 11.8 Å². The van der Waals surface area contributed by atoms with Crippen LogP contribution < -0.4 is 11.3 Å². The van der Waals surface area contributed by atoms with E-state index in [1.165, 1.54) is 0 Å². The van der Waals surface area contributed by atoms with Crippen molar-refractivity contribution in [1.29, 1.82) is 0 Å². The molecule has 0 aromatic heterocycles. The Morgan fingerprint density at radius 3 is 2.29 bits per heavy atom. The highest BCUT2D eigenvalue weighted by molar-refractivity contribution is 5.80. The summed E-state index contributed by atoms with van der Waals surface area (Å²) < 4.78 is 39.7. The van der Waals surface area contributed by atoms with Gasteiger partial charge in [0.15, 0.2) is 0 Å². The highest BCUT2D eigenvalue weighted by Gasteiger charge is 2.32. The fourth-order valence-corrected chi connectivity index (χ4v) is 0.837. The molecule has 0 saturated heterocycles. The third-order valence-electron chi connectivity index (χ3n) is 1.43. The fourth-order valence-electron chi connectivity index (χ4n) is 0.837. The zero-order valence-corrected chi connectivity index (χ0v) is 7.89.